The number of nitrogens with one attached hydrogen (secondary N) is 1. The standard InChI is InChI=1S/C15H25N5OS/c1-19-6-8-20(9-7-19)15(4-2-3-5-15)11-18-13(21)12-10-17-14(16)22-12/h10H,2-9,11H2,1H3,(H2,16,17)(H,18,21). The van der Waals surface area contributed by atoms with Gasteiger partial charge in [0.15, 0.2) is 5.13 Å². The first-order chi connectivity index (χ1) is 10.6. The Balaban J connectivity index is 1.63. The summed E-state index contributed by atoms with van der Waals surface area (Å²) in [4.78, 5) is 21.8. The number of hydrogen-bond acceptors (Lipinski definition) is 6. The zero-order valence-corrected chi connectivity index (χ0v) is 14.0. The van der Waals surface area contributed by atoms with Gasteiger partial charge in [0.05, 0.1) is 6.20 Å². The molecule has 3 N–H and O–H groups in total. The molecule has 0 radical (unpaired) electrons. The van der Waals surface area contributed by atoms with E-state index in [0.717, 1.165) is 32.7 Å². The highest BCUT2D eigenvalue weighted by molar-refractivity contribution is 7.17. The maximum atomic E-state index is 12.3. The number of carbonyl (C=O) groups is 1. The fourth-order valence-corrected chi connectivity index (χ4v) is 4.24. The van der Waals surface area contributed by atoms with Crippen molar-refractivity contribution in [2.75, 3.05) is 45.5 Å². The van der Waals surface area contributed by atoms with Gasteiger partial charge in [-0.2, -0.15) is 0 Å². The number of nitrogens with zero attached hydrogens (tertiary/aromatic N) is 3. The van der Waals surface area contributed by atoms with Gasteiger partial charge in [-0.25, -0.2) is 4.98 Å². The number of aromatic nitrogens is 1. The molecule has 1 aliphatic carbocycles. The summed E-state index contributed by atoms with van der Waals surface area (Å²) in [6.07, 6.45) is 6.45. The van der Waals surface area contributed by atoms with Crippen LogP contribution in [0.2, 0.25) is 0 Å². The summed E-state index contributed by atoms with van der Waals surface area (Å²) in [6, 6.07) is 0. The number of hydrogen-bond donors (Lipinski definition) is 2. The van der Waals surface area contributed by atoms with Gasteiger partial charge in [-0.3, -0.25) is 9.69 Å². The van der Waals surface area contributed by atoms with Crippen LogP contribution in [0.3, 0.4) is 0 Å². The second-order valence-corrected chi connectivity index (χ2v) is 7.53. The van der Waals surface area contributed by atoms with E-state index in [-0.39, 0.29) is 11.4 Å². The molecule has 22 heavy (non-hydrogen) atoms. The fourth-order valence-electron chi connectivity index (χ4n) is 3.64. The number of thiazole rings is 1. The summed E-state index contributed by atoms with van der Waals surface area (Å²) in [5.41, 5.74) is 5.75. The molecular formula is C15H25N5OS. The summed E-state index contributed by atoms with van der Waals surface area (Å²) < 4.78 is 0. The Morgan fingerprint density at radius 1 is 1.36 bits per heavy atom. The zero-order valence-electron chi connectivity index (χ0n) is 13.2. The van der Waals surface area contributed by atoms with E-state index in [1.54, 1.807) is 6.20 Å². The van der Waals surface area contributed by atoms with Crippen molar-refractivity contribution in [1.29, 1.82) is 0 Å². The molecule has 2 fully saturated rings. The molecule has 0 aromatic carbocycles. The highest BCUT2D eigenvalue weighted by atomic mass is 32.1. The predicted octanol–water partition coefficient (Wildman–Crippen LogP) is 1.02. The highest BCUT2D eigenvalue weighted by Gasteiger charge is 2.40. The molecular weight excluding hydrogens is 298 g/mol. The lowest BCUT2D eigenvalue weighted by Gasteiger charge is -2.45. The van der Waals surface area contributed by atoms with Crippen LogP contribution in [0.1, 0.15) is 35.4 Å². The molecule has 0 unspecified atom stereocenters. The largest absolute Gasteiger partial charge is 0.375 e. The van der Waals surface area contributed by atoms with E-state index in [9.17, 15) is 4.79 Å². The number of rotatable bonds is 4. The smallest absolute Gasteiger partial charge is 0.263 e. The maximum absolute atomic E-state index is 12.3. The van der Waals surface area contributed by atoms with Gasteiger partial charge in [0.2, 0.25) is 0 Å². The van der Waals surface area contributed by atoms with Crippen molar-refractivity contribution in [3.8, 4) is 0 Å². The van der Waals surface area contributed by atoms with Crippen LogP contribution in [0.25, 0.3) is 0 Å². The van der Waals surface area contributed by atoms with Crippen LogP contribution in [-0.2, 0) is 0 Å². The van der Waals surface area contributed by atoms with Crippen molar-refractivity contribution >= 4 is 22.4 Å². The van der Waals surface area contributed by atoms with Gasteiger partial charge >= 0.3 is 0 Å². The average molecular weight is 323 g/mol. The van der Waals surface area contributed by atoms with Gasteiger partial charge in [0.1, 0.15) is 4.88 Å². The first kappa shape index (κ1) is 15.7. The Bertz CT molecular complexity index is 518. The van der Waals surface area contributed by atoms with Crippen molar-refractivity contribution in [2.45, 2.75) is 31.2 Å². The summed E-state index contributed by atoms with van der Waals surface area (Å²) in [7, 11) is 2.18. The second kappa shape index (κ2) is 6.52. The quantitative estimate of drug-likeness (QED) is 0.865. The predicted molar refractivity (Wildman–Crippen MR) is 89.1 cm³/mol. The van der Waals surface area contributed by atoms with Crippen molar-refractivity contribution in [3.05, 3.63) is 11.1 Å². The van der Waals surface area contributed by atoms with Gasteiger partial charge in [0.25, 0.3) is 5.91 Å². The number of nitrogen functional groups attached to an aromatic ring is 1. The van der Waals surface area contributed by atoms with E-state index in [0.29, 0.717) is 10.0 Å². The fraction of sp³-hybridized carbons (Fsp3) is 0.733. The van der Waals surface area contributed by atoms with Crippen molar-refractivity contribution in [3.63, 3.8) is 0 Å². The Labute approximate surface area is 135 Å². The molecule has 0 atom stereocenters. The SMILES string of the molecule is CN1CCN(C2(CNC(=O)c3cnc(N)s3)CCCC2)CC1. The monoisotopic (exact) mass is 323 g/mol. The minimum absolute atomic E-state index is 0.0467. The summed E-state index contributed by atoms with van der Waals surface area (Å²) in [5.74, 6) is -0.0467. The number of nitrogens with two attached hydrogens (primary N) is 1. The van der Waals surface area contributed by atoms with Gasteiger partial charge in [-0.1, -0.05) is 24.2 Å². The molecule has 122 valence electrons. The van der Waals surface area contributed by atoms with Crippen LogP contribution >= 0.6 is 11.3 Å². The lowest BCUT2D eigenvalue weighted by Crippen LogP contribution is -2.59. The minimum Gasteiger partial charge on any atom is -0.375 e. The summed E-state index contributed by atoms with van der Waals surface area (Å²) >= 11 is 1.25. The lowest BCUT2D eigenvalue weighted by atomic mass is 9.93. The molecule has 0 spiro atoms. The molecule has 6 nitrogen and oxygen atoms in total. The van der Waals surface area contributed by atoms with Crippen molar-refractivity contribution < 1.29 is 4.79 Å². The third-order valence-corrected chi connectivity index (χ3v) is 5.86. The molecule has 2 aliphatic rings. The Morgan fingerprint density at radius 2 is 2.05 bits per heavy atom. The van der Waals surface area contributed by atoms with Crippen molar-refractivity contribution in [1.82, 2.24) is 20.1 Å². The molecule has 1 amide bonds. The van der Waals surface area contributed by atoms with Gasteiger partial charge in [-0.05, 0) is 19.9 Å². The first-order valence-corrected chi connectivity index (χ1v) is 8.84. The zero-order chi connectivity index (χ0) is 15.6. The van der Waals surface area contributed by atoms with E-state index >= 15 is 0 Å². The minimum atomic E-state index is -0.0467. The molecule has 3 rings (SSSR count). The number of anilines is 1. The number of carbonyl (C=O) groups excluding carboxylic acids is 1. The van der Waals surface area contributed by atoms with Crippen LogP contribution in [0.15, 0.2) is 6.20 Å². The molecule has 1 aromatic heterocycles. The molecule has 2 heterocycles. The average Bonchev–Trinajstić information content (AvgIpc) is 3.15. The molecule has 1 saturated heterocycles. The van der Waals surface area contributed by atoms with Gasteiger partial charge in [0, 0.05) is 38.3 Å². The van der Waals surface area contributed by atoms with E-state index in [4.69, 9.17) is 5.73 Å². The third-order valence-electron chi connectivity index (χ3n) is 5.03. The summed E-state index contributed by atoms with van der Waals surface area (Å²) in [5, 5.41) is 3.57. The third kappa shape index (κ3) is 3.26. The topological polar surface area (TPSA) is 74.5 Å². The van der Waals surface area contributed by atoms with Crippen LogP contribution in [0.5, 0.6) is 0 Å². The van der Waals surface area contributed by atoms with E-state index in [2.05, 4.69) is 27.1 Å². The molecule has 1 saturated carbocycles. The van der Waals surface area contributed by atoms with Crippen LogP contribution in [0, 0.1) is 0 Å². The number of amides is 1. The van der Waals surface area contributed by atoms with Crippen LogP contribution < -0.4 is 11.1 Å². The maximum Gasteiger partial charge on any atom is 0.263 e. The Hall–Kier alpha value is -1.18. The van der Waals surface area contributed by atoms with E-state index < -0.39 is 0 Å². The molecule has 7 heteroatoms. The summed E-state index contributed by atoms with van der Waals surface area (Å²) in [6.45, 7) is 5.15. The molecule has 1 aliphatic heterocycles. The molecule has 1 aromatic rings. The van der Waals surface area contributed by atoms with Gasteiger partial charge < -0.3 is 16.0 Å². The second-order valence-electron chi connectivity index (χ2n) is 6.47. The van der Waals surface area contributed by atoms with E-state index in [1.807, 2.05) is 0 Å². The van der Waals surface area contributed by atoms with Crippen LogP contribution in [0.4, 0.5) is 5.13 Å². The Morgan fingerprint density at radius 3 is 2.64 bits per heavy atom. The van der Waals surface area contributed by atoms with Crippen molar-refractivity contribution in [2.24, 2.45) is 0 Å². The number of likely N-dealkylation sites (N-methyl/N-ethyl adjacent to an activating group) is 1. The van der Waals surface area contributed by atoms with Crippen LogP contribution in [-0.4, -0.2) is 66.0 Å². The highest BCUT2D eigenvalue weighted by Crippen LogP contribution is 2.35. The van der Waals surface area contributed by atoms with Gasteiger partial charge in [-0.15, -0.1) is 0 Å². The molecule has 0 bridgehead atoms. The number of piperazine rings is 1. The van der Waals surface area contributed by atoms with E-state index in [1.165, 1.54) is 37.0 Å². The normalized spacial score (nSPS) is 22.8. The lowest BCUT2D eigenvalue weighted by molar-refractivity contribution is 0.0415. The Kier molecular flexibility index (Phi) is 4.65. The first-order valence-electron chi connectivity index (χ1n) is 8.02.